The second-order valence-corrected chi connectivity index (χ2v) is 11.3. The average Bonchev–Trinajstić information content (AvgIpc) is 3.20. The largest absolute Gasteiger partial charge is 0.744 e. The van der Waals surface area contributed by atoms with Crippen LogP contribution in [-0.4, -0.2) is 33.8 Å². The molecule has 1 aromatic heterocycles. The number of aromatic hydroxyl groups is 1. The lowest BCUT2D eigenvalue weighted by atomic mass is 10.1. The third-order valence-corrected chi connectivity index (χ3v) is 7.41. The fourth-order valence-corrected chi connectivity index (χ4v) is 4.55. The van der Waals surface area contributed by atoms with Gasteiger partial charge in [-0.15, -0.1) is 14.5 Å². The minimum Gasteiger partial charge on any atom is -0.744 e. The number of amides is 1. The molecule has 0 atom stereocenters. The fraction of sp³-hybridized carbons (Fsp3) is 0.107. The van der Waals surface area contributed by atoms with E-state index >= 15 is 0 Å². The number of fused-ring (bicyclic) bond motifs is 1. The second kappa shape index (κ2) is 12.9. The Balaban J connectivity index is 0.000000197. The van der Waals surface area contributed by atoms with Crippen LogP contribution in [0.5, 0.6) is 5.75 Å². The van der Waals surface area contributed by atoms with Gasteiger partial charge in [0.25, 0.3) is 17.6 Å². The van der Waals surface area contributed by atoms with E-state index in [-0.39, 0.29) is 23.1 Å². The van der Waals surface area contributed by atoms with Crippen molar-refractivity contribution in [3.8, 4) is 5.75 Å². The summed E-state index contributed by atoms with van der Waals surface area (Å²) in [5, 5.41) is 26.4. The lowest BCUT2D eigenvalue weighted by molar-refractivity contribution is -0.652. The minimum absolute atomic E-state index is 0.132. The van der Waals surface area contributed by atoms with Crippen molar-refractivity contribution in [3.63, 3.8) is 0 Å². The maximum atomic E-state index is 11.9. The lowest BCUT2D eigenvalue weighted by Gasteiger charge is -2.06. The van der Waals surface area contributed by atoms with Crippen LogP contribution in [-0.2, 0) is 21.5 Å². The molecule has 4 N–H and O–H groups in total. The van der Waals surface area contributed by atoms with Gasteiger partial charge in [0.2, 0.25) is 0 Å². The number of anilines is 1. The predicted octanol–water partition coefficient (Wildman–Crippen LogP) is 4.77. The Bertz CT molecular complexity index is 1870. The number of carbonyl (C=O) groups excluding carboxylic acids is 1. The summed E-state index contributed by atoms with van der Waals surface area (Å²) in [7, 11) is -4.47. The van der Waals surface area contributed by atoms with Crippen molar-refractivity contribution >= 4 is 59.8 Å². The van der Waals surface area contributed by atoms with Gasteiger partial charge >= 0.3 is 0 Å². The van der Waals surface area contributed by atoms with Crippen LogP contribution in [0.2, 0.25) is 0 Å². The number of carbonyl (C=O) groups is 1. The lowest BCUT2D eigenvalue weighted by Crippen LogP contribution is -2.48. The topological polar surface area (TPSA) is 179 Å². The molecule has 42 heavy (non-hydrogen) atoms. The molecular weight excluding hydrogens is 626 g/mol. The molecule has 0 radical (unpaired) electrons. The van der Waals surface area contributed by atoms with E-state index in [1.807, 2.05) is 49.4 Å². The highest BCUT2D eigenvalue weighted by Crippen LogP contribution is 2.33. The number of azo groups is 1. The molecule has 5 rings (SSSR count). The van der Waals surface area contributed by atoms with Crippen LogP contribution >= 0.6 is 15.9 Å². The summed E-state index contributed by atoms with van der Waals surface area (Å²) in [6.45, 7) is 3.73. The molecule has 0 fully saturated rings. The summed E-state index contributed by atoms with van der Waals surface area (Å²) in [6, 6.07) is 23.0. The highest BCUT2D eigenvalue weighted by molar-refractivity contribution is 9.10. The molecule has 216 valence electrons. The first-order valence-corrected chi connectivity index (χ1v) is 14.6. The average molecular weight is 653 g/mol. The van der Waals surface area contributed by atoms with E-state index < -0.39 is 10.1 Å². The van der Waals surface area contributed by atoms with Crippen molar-refractivity contribution in [2.75, 3.05) is 11.2 Å². The standard InChI is InChI=1S/C16H12N2O4S.C12H14BrN5O/c19-16-10-9-15(13-3-1-2-4-14(13)16)18-17-11-5-7-12(8-6-11)23(20,21)22;1-8-16-17(9(2)18(8)14)7-12(19)15-11-5-3-10(13)4-6-11/h1-10,19H,(H,20,21,22);3-6H,7,14H2,1-2H3. The molecule has 14 heteroatoms. The zero-order valence-electron chi connectivity index (χ0n) is 22.5. The Morgan fingerprint density at radius 2 is 1.64 bits per heavy atom. The van der Waals surface area contributed by atoms with E-state index in [1.54, 1.807) is 23.7 Å². The number of nitrogen functional groups attached to an aromatic ring is 1. The van der Waals surface area contributed by atoms with Crippen LogP contribution in [0.4, 0.5) is 17.1 Å². The van der Waals surface area contributed by atoms with Crippen LogP contribution < -0.4 is 15.8 Å². The van der Waals surface area contributed by atoms with Gasteiger partial charge in [-0.25, -0.2) is 8.42 Å². The zero-order valence-corrected chi connectivity index (χ0v) is 24.9. The van der Waals surface area contributed by atoms with Crippen molar-refractivity contribution in [2.24, 2.45) is 10.2 Å². The van der Waals surface area contributed by atoms with Crippen molar-refractivity contribution in [2.45, 2.75) is 25.3 Å². The third kappa shape index (κ3) is 7.54. The number of phenolic OH excluding ortho intramolecular Hbond substituents is 1. The number of nitrogens with two attached hydrogens (primary N) is 1. The van der Waals surface area contributed by atoms with Gasteiger partial charge < -0.3 is 15.0 Å². The molecule has 0 aliphatic carbocycles. The van der Waals surface area contributed by atoms with E-state index in [0.29, 0.717) is 22.6 Å². The summed E-state index contributed by atoms with van der Waals surface area (Å²) in [6.07, 6.45) is 0. The minimum atomic E-state index is -4.47. The van der Waals surface area contributed by atoms with Crippen LogP contribution in [0, 0.1) is 13.8 Å². The van der Waals surface area contributed by atoms with Gasteiger partial charge in [-0.3, -0.25) is 10.6 Å². The molecule has 0 bridgehead atoms. The maximum absolute atomic E-state index is 11.9. The Labute approximate surface area is 250 Å². The smallest absolute Gasteiger partial charge is 0.295 e. The van der Waals surface area contributed by atoms with Gasteiger partial charge in [0.05, 0.1) is 16.3 Å². The van der Waals surface area contributed by atoms with E-state index in [1.165, 1.54) is 35.0 Å². The molecule has 1 heterocycles. The number of hydrogen-bond donors (Lipinski definition) is 3. The summed E-state index contributed by atoms with van der Waals surface area (Å²) in [4.78, 5) is 11.6. The molecule has 5 aromatic rings. The van der Waals surface area contributed by atoms with Gasteiger partial charge in [-0.05, 0) is 60.7 Å². The molecule has 0 unspecified atom stereocenters. The van der Waals surface area contributed by atoms with Crippen molar-refractivity contribution in [1.82, 2.24) is 9.78 Å². The van der Waals surface area contributed by atoms with Crippen LogP contribution in [0.1, 0.15) is 11.6 Å². The zero-order chi connectivity index (χ0) is 30.4. The van der Waals surface area contributed by atoms with Crippen LogP contribution in [0.3, 0.4) is 0 Å². The summed E-state index contributed by atoms with van der Waals surface area (Å²) >= 11 is 3.34. The predicted molar refractivity (Wildman–Crippen MR) is 159 cm³/mol. The third-order valence-electron chi connectivity index (χ3n) is 6.03. The Hall–Kier alpha value is -4.66. The molecule has 1 amide bonds. The number of nitrogens with one attached hydrogen (secondary N) is 1. The van der Waals surface area contributed by atoms with E-state index in [0.717, 1.165) is 21.4 Å². The molecule has 12 nitrogen and oxygen atoms in total. The molecular formula is C28H26BrN7O5S. The SMILES string of the molecule is Cc1nn(CC(=O)Nc2ccc(Br)cc2)c(C)[n+]1N.O=S(=O)([O-])c1ccc(N=Nc2ccc(O)c3ccccc23)cc1. The van der Waals surface area contributed by atoms with E-state index in [9.17, 15) is 22.9 Å². The van der Waals surface area contributed by atoms with Gasteiger partial charge in [-0.2, -0.15) is 5.11 Å². The number of halogens is 1. The van der Waals surface area contributed by atoms with Crippen molar-refractivity contribution in [1.29, 1.82) is 0 Å². The van der Waals surface area contributed by atoms with Gasteiger partial charge in [0, 0.05) is 39.9 Å². The number of hydrogen-bond acceptors (Lipinski definition) is 9. The quantitative estimate of drug-likeness (QED) is 0.102. The number of aromatic nitrogens is 3. The van der Waals surface area contributed by atoms with E-state index in [2.05, 4.69) is 36.6 Å². The highest BCUT2D eigenvalue weighted by Gasteiger charge is 2.19. The Morgan fingerprint density at radius 1 is 1.00 bits per heavy atom. The summed E-state index contributed by atoms with van der Waals surface area (Å²) < 4.78 is 36.6. The fourth-order valence-electron chi connectivity index (χ4n) is 3.82. The number of benzene rings is 4. The summed E-state index contributed by atoms with van der Waals surface area (Å²) in [5.74, 6) is 7.14. The molecule has 0 spiro atoms. The Morgan fingerprint density at radius 3 is 2.24 bits per heavy atom. The first kappa shape index (κ1) is 30.3. The number of nitrogens with zero attached hydrogens (tertiary/aromatic N) is 5. The van der Waals surface area contributed by atoms with Gasteiger partial charge in [-0.1, -0.05) is 40.2 Å². The molecule has 0 saturated carbocycles. The second-order valence-electron chi connectivity index (χ2n) is 8.97. The first-order valence-electron chi connectivity index (χ1n) is 12.4. The monoisotopic (exact) mass is 651 g/mol. The van der Waals surface area contributed by atoms with Gasteiger partial charge in [0.1, 0.15) is 15.9 Å². The normalized spacial score (nSPS) is 11.3. The van der Waals surface area contributed by atoms with Crippen LogP contribution in [0.25, 0.3) is 10.8 Å². The van der Waals surface area contributed by atoms with Crippen molar-refractivity contribution in [3.05, 3.63) is 101 Å². The highest BCUT2D eigenvalue weighted by atomic mass is 79.9. The number of aryl methyl sites for hydroxylation is 1. The first-order chi connectivity index (χ1) is 19.9. The van der Waals surface area contributed by atoms with Crippen LogP contribution in [0.15, 0.2) is 105 Å². The van der Waals surface area contributed by atoms with E-state index in [4.69, 9.17) is 5.84 Å². The molecule has 0 saturated heterocycles. The van der Waals surface area contributed by atoms with Crippen molar-refractivity contribution < 1.29 is 27.5 Å². The van der Waals surface area contributed by atoms with Gasteiger partial charge in [0.15, 0.2) is 6.54 Å². The maximum Gasteiger partial charge on any atom is 0.295 e. The summed E-state index contributed by atoms with van der Waals surface area (Å²) in [5.41, 5.74) is 1.73. The number of phenols is 1. The number of rotatable bonds is 6. The Kier molecular flexibility index (Phi) is 9.30. The molecule has 0 aliphatic heterocycles. The molecule has 4 aromatic carbocycles. The molecule has 0 aliphatic rings.